The first-order valence-electron chi connectivity index (χ1n) is 5.44. The summed E-state index contributed by atoms with van der Waals surface area (Å²) in [6.07, 6.45) is 0. The van der Waals surface area contributed by atoms with Gasteiger partial charge in [0.15, 0.2) is 0 Å². The van der Waals surface area contributed by atoms with Crippen molar-refractivity contribution in [3.8, 4) is 0 Å². The van der Waals surface area contributed by atoms with Gasteiger partial charge in [0, 0.05) is 24.5 Å². The first kappa shape index (κ1) is 16.9. The number of nitrogens with zero attached hydrogens (tertiary/aromatic N) is 1. The molecule has 18 heavy (non-hydrogen) atoms. The molecule has 0 aliphatic carbocycles. The molecule has 104 valence electrons. The van der Waals surface area contributed by atoms with Gasteiger partial charge >= 0.3 is 0 Å². The first-order chi connectivity index (χ1) is 8.42. The van der Waals surface area contributed by atoms with Gasteiger partial charge in [-0.3, -0.25) is 9.11 Å². The van der Waals surface area contributed by atoms with Gasteiger partial charge in [-0.1, -0.05) is 0 Å². The monoisotopic (exact) mass is 276 g/mol. The lowest BCUT2D eigenvalue weighted by molar-refractivity contribution is 0.302. The lowest BCUT2D eigenvalue weighted by Gasteiger charge is -2.22. The molecule has 6 nitrogen and oxygen atoms in total. The summed E-state index contributed by atoms with van der Waals surface area (Å²) in [7, 11) is 0. The molecule has 0 aromatic heterocycles. The van der Waals surface area contributed by atoms with E-state index >= 15 is 0 Å². The minimum atomic E-state index is -2.61. The van der Waals surface area contributed by atoms with Crippen molar-refractivity contribution in [2.75, 3.05) is 30.3 Å². The Hall–Kier alpha value is -1.15. The number of aliphatic hydroxyl groups is 1. The summed E-state index contributed by atoms with van der Waals surface area (Å²) < 4.78 is 22.8. The molecule has 1 aromatic carbocycles. The number of hydrogen-bond acceptors (Lipinski definition) is 4. The average Bonchev–Trinajstić information content (AvgIpc) is 2.29. The summed E-state index contributed by atoms with van der Waals surface area (Å²) in [6, 6.07) is 5.95. The van der Waals surface area contributed by atoms with Crippen LogP contribution in [0.25, 0.3) is 0 Å². The molecule has 0 saturated heterocycles. The zero-order valence-corrected chi connectivity index (χ0v) is 11.4. The number of hydrogen-bond donors (Lipinski definition) is 4. The normalized spacial score (nSPS) is 9.89. The van der Waals surface area contributed by atoms with Gasteiger partial charge in [-0.05, 0) is 37.6 Å². The standard InChI is InChI=1S/C11H18N2O.H2O3S/c1-3-13(6-7-14)10-4-5-11(12)9(2)8-10;1-4(2)3/h4-5,8,14H,3,6-7,12H2,1-2H3;(H2,1,2,3). The van der Waals surface area contributed by atoms with Crippen LogP contribution in [0.5, 0.6) is 0 Å². The van der Waals surface area contributed by atoms with E-state index in [0.717, 1.165) is 23.5 Å². The molecule has 0 bridgehead atoms. The van der Waals surface area contributed by atoms with E-state index in [1.165, 1.54) is 0 Å². The fourth-order valence-corrected chi connectivity index (χ4v) is 1.45. The van der Waals surface area contributed by atoms with Gasteiger partial charge in [0.2, 0.25) is 0 Å². The molecule has 7 heteroatoms. The predicted molar refractivity (Wildman–Crippen MR) is 74.0 cm³/mol. The molecule has 5 N–H and O–H groups in total. The van der Waals surface area contributed by atoms with Crippen molar-refractivity contribution in [2.45, 2.75) is 13.8 Å². The summed E-state index contributed by atoms with van der Waals surface area (Å²) in [5.41, 5.74) is 8.75. The van der Waals surface area contributed by atoms with Crippen LogP contribution in [0, 0.1) is 6.92 Å². The van der Waals surface area contributed by atoms with E-state index in [-0.39, 0.29) is 6.61 Å². The molecule has 0 aliphatic heterocycles. The Morgan fingerprint density at radius 1 is 1.39 bits per heavy atom. The maximum Gasteiger partial charge on any atom is 0.299 e. The minimum absolute atomic E-state index is 0.178. The quantitative estimate of drug-likeness (QED) is 0.484. The Bertz CT molecular complexity index is 383. The van der Waals surface area contributed by atoms with E-state index in [2.05, 4.69) is 17.9 Å². The topological polar surface area (TPSA) is 107 Å². The second-order valence-corrected chi connectivity index (χ2v) is 4.04. The molecule has 0 unspecified atom stereocenters. The Morgan fingerprint density at radius 3 is 2.33 bits per heavy atom. The number of aryl methyl sites for hydroxylation is 1. The van der Waals surface area contributed by atoms with E-state index in [4.69, 9.17) is 24.2 Å². The van der Waals surface area contributed by atoms with Crippen LogP contribution < -0.4 is 10.6 Å². The Balaban J connectivity index is 0.000000631. The number of anilines is 2. The van der Waals surface area contributed by atoms with Crippen molar-refractivity contribution >= 4 is 22.7 Å². The van der Waals surface area contributed by atoms with Crippen molar-refractivity contribution < 1.29 is 18.4 Å². The molecule has 0 amide bonds. The Labute approximate surface area is 110 Å². The van der Waals surface area contributed by atoms with Gasteiger partial charge in [-0.25, -0.2) is 0 Å². The smallest absolute Gasteiger partial charge is 0.299 e. The van der Waals surface area contributed by atoms with E-state index < -0.39 is 11.4 Å². The lowest BCUT2D eigenvalue weighted by atomic mass is 10.1. The molecule has 0 aliphatic rings. The lowest BCUT2D eigenvalue weighted by Crippen LogP contribution is -2.26. The third-order valence-electron chi connectivity index (χ3n) is 2.37. The van der Waals surface area contributed by atoms with Gasteiger partial charge in [-0.2, -0.15) is 4.21 Å². The number of aliphatic hydroxyl groups excluding tert-OH is 1. The van der Waals surface area contributed by atoms with Crippen LogP contribution in [0.2, 0.25) is 0 Å². The zero-order valence-electron chi connectivity index (χ0n) is 10.5. The van der Waals surface area contributed by atoms with Gasteiger partial charge < -0.3 is 15.7 Å². The Kier molecular flexibility index (Phi) is 8.30. The maximum atomic E-state index is 8.89. The van der Waals surface area contributed by atoms with Crippen LogP contribution in [-0.2, 0) is 11.4 Å². The number of nitrogens with two attached hydrogens (primary N) is 1. The van der Waals surface area contributed by atoms with E-state index in [1.54, 1.807) is 0 Å². The summed E-state index contributed by atoms with van der Waals surface area (Å²) in [4.78, 5) is 2.12. The van der Waals surface area contributed by atoms with Crippen LogP contribution in [0.3, 0.4) is 0 Å². The molecule has 0 fully saturated rings. The highest BCUT2D eigenvalue weighted by atomic mass is 32.2. The van der Waals surface area contributed by atoms with Crippen LogP contribution >= 0.6 is 0 Å². The second-order valence-electron chi connectivity index (χ2n) is 3.57. The van der Waals surface area contributed by atoms with E-state index in [0.29, 0.717) is 6.54 Å². The van der Waals surface area contributed by atoms with Crippen molar-refractivity contribution in [1.29, 1.82) is 0 Å². The van der Waals surface area contributed by atoms with Crippen molar-refractivity contribution in [2.24, 2.45) is 0 Å². The number of rotatable bonds is 4. The van der Waals surface area contributed by atoms with Gasteiger partial charge in [-0.15, -0.1) is 0 Å². The molecule has 0 saturated carbocycles. The highest BCUT2D eigenvalue weighted by molar-refractivity contribution is 7.73. The van der Waals surface area contributed by atoms with Gasteiger partial charge in [0.1, 0.15) is 0 Å². The molecule has 0 heterocycles. The third-order valence-corrected chi connectivity index (χ3v) is 2.37. The predicted octanol–water partition coefficient (Wildman–Crippen LogP) is 1.08. The van der Waals surface area contributed by atoms with E-state index in [1.807, 2.05) is 19.1 Å². The van der Waals surface area contributed by atoms with E-state index in [9.17, 15) is 0 Å². The summed E-state index contributed by atoms with van der Waals surface area (Å²) in [5, 5.41) is 8.89. The van der Waals surface area contributed by atoms with Crippen molar-refractivity contribution in [3.63, 3.8) is 0 Å². The minimum Gasteiger partial charge on any atom is -0.399 e. The molecule has 1 rings (SSSR count). The number of benzene rings is 1. The molecule has 0 spiro atoms. The van der Waals surface area contributed by atoms with Crippen LogP contribution in [0.15, 0.2) is 18.2 Å². The Morgan fingerprint density at radius 2 is 1.94 bits per heavy atom. The second kappa shape index (κ2) is 8.87. The number of nitrogen functional groups attached to an aromatic ring is 1. The van der Waals surface area contributed by atoms with Crippen molar-refractivity contribution in [1.82, 2.24) is 0 Å². The number of likely N-dealkylation sites (N-methyl/N-ethyl adjacent to an activating group) is 1. The first-order valence-corrected chi connectivity index (χ1v) is 6.50. The SMILES string of the molecule is CCN(CCO)c1ccc(N)c(C)c1.O=S(O)O. The molecule has 0 radical (unpaired) electrons. The molecular weight excluding hydrogens is 256 g/mol. The largest absolute Gasteiger partial charge is 0.399 e. The summed E-state index contributed by atoms with van der Waals surface area (Å²) >= 11 is -2.61. The highest BCUT2D eigenvalue weighted by Crippen LogP contribution is 2.19. The molecule has 1 aromatic rings. The molecule has 0 atom stereocenters. The van der Waals surface area contributed by atoms with Gasteiger partial charge in [0.05, 0.1) is 6.61 Å². The van der Waals surface area contributed by atoms with Crippen LogP contribution in [-0.4, -0.2) is 38.1 Å². The van der Waals surface area contributed by atoms with Crippen LogP contribution in [0.1, 0.15) is 12.5 Å². The molecular formula is C11H20N2O4S. The summed E-state index contributed by atoms with van der Waals surface area (Å²) in [6.45, 7) is 5.80. The summed E-state index contributed by atoms with van der Waals surface area (Å²) in [5.74, 6) is 0. The maximum absolute atomic E-state index is 8.89. The fourth-order valence-electron chi connectivity index (χ4n) is 1.45. The van der Waals surface area contributed by atoms with Gasteiger partial charge in [0.25, 0.3) is 11.4 Å². The third kappa shape index (κ3) is 6.55. The fraction of sp³-hybridized carbons (Fsp3) is 0.455. The van der Waals surface area contributed by atoms with Crippen molar-refractivity contribution in [3.05, 3.63) is 23.8 Å². The zero-order chi connectivity index (χ0) is 14.1. The highest BCUT2D eigenvalue weighted by Gasteiger charge is 2.04. The average molecular weight is 276 g/mol. The van der Waals surface area contributed by atoms with Crippen LogP contribution in [0.4, 0.5) is 11.4 Å².